The number of nitrogens with zero attached hydrogens (tertiary/aromatic N) is 4. The molecule has 1 aliphatic heterocycles. The number of piperidine rings is 1. The number of rotatable bonds is 8. The number of aromatic nitrogens is 2. The van der Waals surface area contributed by atoms with E-state index in [2.05, 4.69) is 39.6 Å². The molecule has 1 saturated heterocycles. The summed E-state index contributed by atoms with van der Waals surface area (Å²) in [4.78, 5) is 21.7. The molecule has 28 heavy (non-hydrogen) atoms. The Morgan fingerprint density at radius 3 is 2.64 bits per heavy atom. The van der Waals surface area contributed by atoms with E-state index >= 15 is 0 Å². The summed E-state index contributed by atoms with van der Waals surface area (Å²) in [6.07, 6.45) is 4.40. The molecule has 0 aliphatic carbocycles. The van der Waals surface area contributed by atoms with Crippen LogP contribution in [0, 0.1) is 16.0 Å². The van der Waals surface area contributed by atoms with Gasteiger partial charge in [0.25, 0.3) is 0 Å². The SMILES string of the molecule is COCC(C)Nc1ncnc(N2CCC(Cc3ccccc3)CC2)c1[N+](=O)[O-]. The van der Waals surface area contributed by atoms with Crippen molar-refractivity contribution in [2.45, 2.75) is 32.2 Å². The normalized spacial score (nSPS) is 16.0. The fourth-order valence-corrected chi connectivity index (χ4v) is 3.70. The summed E-state index contributed by atoms with van der Waals surface area (Å²) in [5, 5.41) is 14.8. The van der Waals surface area contributed by atoms with Crippen molar-refractivity contribution < 1.29 is 9.66 Å². The van der Waals surface area contributed by atoms with Crippen molar-refractivity contribution >= 4 is 17.3 Å². The van der Waals surface area contributed by atoms with E-state index in [4.69, 9.17) is 4.74 Å². The molecule has 3 rings (SSSR count). The van der Waals surface area contributed by atoms with Crippen LogP contribution in [0.1, 0.15) is 25.3 Å². The molecule has 0 bridgehead atoms. The van der Waals surface area contributed by atoms with E-state index in [1.165, 1.54) is 11.9 Å². The van der Waals surface area contributed by atoms with Gasteiger partial charge in [0, 0.05) is 26.2 Å². The van der Waals surface area contributed by atoms with Crippen molar-refractivity contribution in [3.63, 3.8) is 0 Å². The zero-order chi connectivity index (χ0) is 19.9. The number of hydrogen-bond acceptors (Lipinski definition) is 7. The lowest BCUT2D eigenvalue weighted by Crippen LogP contribution is -2.35. The molecule has 150 valence electrons. The summed E-state index contributed by atoms with van der Waals surface area (Å²) >= 11 is 0. The molecule has 1 aromatic carbocycles. The van der Waals surface area contributed by atoms with E-state index in [-0.39, 0.29) is 17.5 Å². The van der Waals surface area contributed by atoms with Crippen LogP contribution in [0.15, 0.2) is 36.7 Å². The highest BCUT2D eigenvalue weighted by Crippen LogP contribution is 2.34. The molecule has 2 aromatic rings. The van der Waals surface area contributed by atoms with Gasteiger partial charge in [0.05, 0.1) is 11.5 Å². The zero-order valence-corrected chi connectivity index (χ0v) is 16.4. The Kier molecular flexibility index (Phi) is 6.76. The molecule has 2 heterocycles. The van der Waals surface area contributed by atoms with Gasteiger partial charge in [-0.25, -0.2) is 9.97 Å². The van der Waals surface area contributed by atoms with E-state index in [0.717, 1.165) is 32.4 Å². The summed E-state index contributed by atoms with van der Waals surface area (Å²) in [7, 11) is 1.59. The Bertz CT molecular complexity index is 779. The van der Waals surface area contributed by atoms with Crippen molar-refractivity contribution in [1.29, 1.82) is 0 Å². The first-order chi connectivity index (χ1) is 13.6. The molecule has 1 unspecified atom stereocenters. The van der Waals surface area contributed by atoms with Gasteiger partial charge in [-0.05, 0) is 37.7 Å². The summed E-state index contributed by atoms with van der Waals surface area (Å²) in [6, 6.07) is 10.4. The third-order valence-electron chi connectivity index (χ3n) is 5.07. The van der Waals surface area contributed by atoms with Crippen LogP contribution in [0.2, 0.25) is 0 Å². The van der Waals surface area contributed by atoms with Gasteiger partial charge in [0.15, 0.2) is 0 Å². The van der Waals surface area contributed by atoms with E-state index < -0.39 is 4.92 Å². The number of benzene rings is 1. The second-order valence-corrected chi connectivity index (χ2v) is 7.27. The van der Waals surface area contributed by atoms with Crippen LogP contribution in [-0.4, -0.2) is 47.7 Å². The van der Waals surface area contributed by atoms with Gasteiger partial charge in [-0.2, -0.15) is 0 Å². The number of nitrogens with one attached hydrogen (secondary N) is 1. The van der Waals surface area contributed by atoms with E-state index in [0.29, 0.717) is 18.3 Å². The van der Waals surface area contributed by atoms with Crippen LogP contribution >= 0.6 is 0 Å². The molecule has 1 aliphatic rings. The summed E-state index contributed by atoms with van der Waals surface area (Å²) < 4.78 is 5.10. The molecule has 1 fully saturated rings. The third-order valence-corrected chi connectivity index (χ3v) is 5.07. The first-order valence-electron chi connectivity index (χ1n) is 9.62. The average Bonchev–Trinajstić information content (AvgIpc) is 2.69. The maximum absolute atomic E-state index is 11.8. The second-order valence-electron chi connectivity index (χ2n) is 7.27. The minimum atomic E-state index is -0.396. The first-order valence-corrected chi connectivity index (χ1v) is 9.62. The van der Waals surface area contributed by atoms with Crippen LogP contribution in [0.25, 0.3) is 0 Å². The highest BCUT2D eigenvalue weighted by atomic mass is 16.6. The first kappa shape index (κ1) is 20.0. The molecule has 1 N–H and O–H groups in total. The summed E-state index contributed by atoms with van der Waals surface area (Å²) in [5.41, 5.74) is 1.28. The standard InChI is InChI=1S/C20H27N5O3/c1-15(13-28-2)23-19-18(25(26)27)20(22-14-21-19)24-10-8-17(9-11-24)12-16-6-4-3-5-7-16/h3-7,14-15,17H,8-13H2,1-2H3,(H,21,22,23). The molecule has 0 spiro atoms. The molecule has 8 heteroatoms. The Morgan fingerprint density at radius 2 is 2.00 bits per heavy atom. The van der Waals surface area contributed by atoms with Crippen molar-refractivity contribution in [2.75, 3.05) is 37.0 Å². The molecule has 1 atom stereocenters. The number of ether oxygens (including phenoxy) is 1. The van der Waals surface area contributed by atoms with E-state index in [9.17, 15) is 10.1 Å². The zero-order valence-electron chi connectivity index (χ0n) is 16.4. The predicted octanol–water partition coefficient (Wildman–Crippen LogP) is 3.29. The molecular formula is C20H27N5O3. The average molecular weight is 385 g/mol. The van der Waals surface area contributed by atoms with E-state index in [1.807, 2.05) is 17.9 Å². The van der Waals surface area contributed by atoms with Gasteiger partial charge in [0.2, 0.25) is 11.6 Å². The third kappa shape index (κ3) is 4.95. The topological polar surface area (TPSA) is 93.4 Å². The number of nitro groups is 1. The lowest BCUT2D eigenvalue weighted by atomic mass is 9.90. The van der Waals surface area contributed by atoms with Crippen LogP contribution in [0.5, 0.6) is 0 Å². The fourth-order valence-electron chi connectivity index (χ4n) is 3.70. The Labute approximate surface area is 165 Å². The van der Waals surface area contributed by atoms with Crippen molar-refractivity contribution in [1.82, 2.24) is 9.97 Å². The van der Waals surface area contributed by atoms with Crippen LogP contribution in [0.3, 0.4) is 0 Å². The highest BCUT2D eigenvalue weighted by molar-refractivity contribution is 5.70. The molecule has 8 nitrogen and oxygen atoms in total. The monoisotopic (exact) mass is 385 g/mol. The lowest BCUT2D eigenvalue weighted by Gasteiger charge is -2.32. The molecule has 0 amide bonds. The van der Waals surface area contributed by atoms with Crippen LogP contribution < -0.4 is 10.2 Å². The van der Waals surface area contributed by atoms with Crippen molar-refractivity contribution in [2.24, 2.45) is 5.92 Å². The van der Waals surface area contributed by atoms with Gasteiger partial charge >= 0.3 is 5.69 Å². The van der Waals surface area contributed by atoms with Crippen LogP contribution in [0.4, 0.5) is 17.3 Å². The summed E-state index contributed by atoms with van der Waals surface area (Å²) in [5.74, 6) is 1.22. The molecular weight excluding hydrogens is 358 g/mol. The predicted molar refractivity (Wildman–Crippen MR) is 109 cm³/mol. The maximum Gasteiger partial charge on any atom is 0.353 e. The van der Waals surface area contributed by atoms with Gasteiger partial charge in [-0.1, -0.05) is 30.3 Å². The van der Waals surface area contributed by atoms with Gasteiger partial charge in [0.1, 0.15) is 6.33 Å². The van der Waals surface area contributed by atoms with Crippen molar-refractivity contribution in [3.05, 3.63) is 52.3 Å². The number of anilines is 2. The number of methoxy groups -OCH3 is 1. The molecule has 1 aromatic heterocycles. The van der Waals surface area contributed by atoms with Crippen molar-refractivity contribution in [3.8, 4) is 0 Å². The van der Waals surface area contributed by atoms with Gasteiger partial charge in [-0.15, -0.1) is 0 Å². The Balaban J connectivity index is 1.70. The fraction of sp³-hybridized carbons (Fsp3) is 0.500. The largest absolute Gasteiger partial charge is 0.383 e. The second kappa shape index (κ2) is 9.45. The van der Waals surface area contributed by atoms with Crippen LogP contribution in [-0.2, 0) is 11.2 Å². The number of hydrogen-bond donors (Lipinski definition) is 1. The van der Waals surface area contributed by atoms with Gasteiger partial charge in [-0.3, -0.25) is 10.1 Å². The minimum Gasteiger partial charge on any atom is -0.383 e. The Hall–Kier alpha value is -2.74. The quantitative estimate of drug-likeness (QED) is 0.550. The minimum absolute atomic E-state index is 0.0630. The Morgan fingerprint density at radius 1 is 1.29 bits per heavy atom. The molecule has 0 radical (unpaired) electrons. The van der Waals surface area contributed by atoms with Gasteiger partial charge < -0.3 is 15.0 Å². The van der Waals surface area contributed by atoms with E-state index in [1.54, 1.807) is 7.11 Å². The smallest absolute Gasteiger partial charge is 0.353 e. The maximum atomic E-state index is 11.8. The summed E-state index contributed by atoms with van der Waals surface area (Å²) in [6.45, 7) is 3.83. The molecule has 0 saturated carbocycles. The lowest BCUT2D eigenvalue weighted by molar-refractivity contribution is -0.383. The highest BCUT2D eigenvalue weighted by Gasteiger charge is 2.30.